The molecule has 2 aliphatic heterocycles. The number of benzene rings is 1. The van der Waals surface area contributed by atoms with Crippen molar-refractivity contribution in [3.63, 3.8) is 0 Å². The highest BCUT2D eigenvalue weighted by molar-refractivity contribution is 9.10. The molecule has 27 heavy (non-hydrogen) atoms. The Morgan fingerprint density at radius 2 is 1.81 bits per heavy atom. The van der Waals surface area contributed by atoms with Crippen molar-refractivity contribution in [1.82, 2.24) is 20.2 Å². The molecule has 0 spiro atoms. The molecule has 2 saturated heterocycles. The smallest absolute Gasteiger partial charge is 0.145 e. The molecule has 2 aromatic rings. The molecule has 1 N–H and O–H groups in total. The van der Waals surface area contributed by atoms with Crippen LogP contribution in [0.4, 0.5) is 0 Å². The Bertz CT molecular complexity index is 715. The zero-order valence-electron chi connectivity index (χ0n) is 15.9. The van der Waals surface area contributed by atoms with Gasteiger partial charge in [-0.1, -0.05) is 34.1 Å². The maximum absolute atomic E-state index is 4.49. The summed E-state index contributed by atoms with van der Waals surface area (Å²) in [6, 6.07) is 11.5. The van der Waals surface area contributed by atoms with E-state index in [2.05, 4.69) is 60.4 Å². The van der Waals surface area contributed by atoms with Crippen LogP contribution in [0.5, 0.6) is 0 Å². The van der Waals surface area contributed by atoms with E-state index in [4.69, 9.17) is 0 Å². The van der Waals surface area contributed by atoms with Gasteiger partial charge in [-0.2, -0.15) is 0 Å². The Morgan fingerprint density at radius 3 is 2.59 bits per heavy atom. The first kappa shape index (κ1) is 19.0. The molecule has 2 fully saturated rings. The average molecular weight is 429 g/mol. The number of nitrogens with one attached hydrogen (secondary N) is 1. The van der Waals surface area contributed by atoms with E-state index >= 15 is 0 Å². The lowest BCUT2D eigenvalue weighted by Crippen LogP contribution is -2.42. The third-order valence-corrected chi connectivity index (χ3v) is 6.92. The Balaban J connectivity index is 1.34. The fraction of sp³-hybridized carbons (Fsp3) is 0.545. The van der Waals surface area contributed by atoms with Crippen LogP contribution in [0, 0.1) is 5.92 Å². The van der Waals surface area contributed by atoms with Gasteiger partial charge in [-0.3, -0.25) is 0 Å². The van der Waals surface area contributed by atoms with Crippen LogP contribution >= 0.6 is 15.9 Å². The zero-order chi connectivity index (χ0) is 18.5. The largest absolute Gasteiger partial charge is 0.307 e. The normalized spacial score (nSPS) is 25.2. The van der Waals surface area contributed by atoms with E-state index in [1.165, 1.54) is 55.2 Å². The van der Waals surface area contributed by atoms with Crippen LogP contribution in [-0.4, -0.2) is 40.5 Å². The summed E-state index contributed by atoms with van der Waals surface area (Å²) >= 11 is 3.71. The lowest BCUT2D eigenvalue weighted by atomic mass is 9.88. The highest BCUT2D eigenvalue weighted by Gasteiger charge is 2.30. The zero-order valence-corrected chi connectivity index (χ0v) is 17.4. The molecule has 0 amide bonds. The van der Waals surface area contributed by atoms with Crippen LogP contribution in [0.2, 0.25) is 0 Å². The van der Waals surface area contributed by atoms with E-state index in [1.54, 1.807) is 0 Å². The van der Waals surface area contributed by atoms with Gasteiger partial charge in [0.1, 0.15) is 5.82 Å². The molecule has 144 valence electrons. The summed E-state index contributed by atoms with van der Waals surface area (Å²) in [4.78, 5) is 11.7. The van der Waals surface area contributed by atoms with E-state index in [9.17, 15) is 0 Å². The predicted octanol–water partition coefficient (Wildman–Crippen LogP) is 4.38. The molecule has 2 aliphatic rings. The Labute approximate surface area is 170 Å². The summed E-state index contributed by atoms with van der Waals surface area (Å²) in [5.41, 5.74) is 1.45. The quantitative estimate of drug-likeness (QED) is 0.784. The number of piperidine rings is 1. The van der Waals surface area contributed by atoms with Gasteiger partial charge in [0.25, 0.3) is 0 Å². The number of hydrogen-bond donors (Lipinski definition) is 1. The van der Waals surface area contributed by atoms with Gasteiger partial charge in [-0.15, -0.1) is 0 Å². The first-order chi connectivity index (χ1) is 13.3. The lowest BCUT2D eigenvalue weighted by molar-refractivity contribution is 0.117. The van der Waals surface area contributed by atoms with Gasteiger partial charge in [0.2, 0.25) is 0 Å². The van der Waals surface area contributed by atoms with Gasteiger partial charge in [0, 0.05) is 22.9 Å². The molecule has 1 aromatic carbocycles. The van der Waals surface area contributed by atoms with Crippen LogP contribution in [0.15, 0.2) is 47.2 Å². The van der Waals surface area contributed by atoms with Crippen molar-refractivity contribution in [3.05, 3.63) is 58.6 Å². The molecule has 5 heteroatoms. The third-order valence-electron chi connectivity index (χ3n) is 6.14. The highest BCUT2D eigenvalue weighted by Crippen LogP contribution is 2.30. The SMILES string of the molecule is Brc1ccccc1CC1CCN(C2CCCNC(c3ncccn3)C2)CC1. The molecule has 0 radical (unpaired) electrons. The molecular weight excluding hydrogens is 400 g/mol. The Hall–Kier alpha value is -1.30. The summed E-state index contributed by atoms with van der Waals surface area (Å²) in [6.45, 7) is 3.52. The van der Waals surface area contributed by atoms with Crippen LogP contribution < -0.4 is 5.32 Å². The molecule has 4 rings (SSSR count). The number of halogens is 1. The molecule has 4 nitrogen and oxygen atoms in total. The third kappa shape index (κ3) is 4.95. The van der Waals surface area contributed by atoms with Crippen molar-refractivity contribution in [1.29, 1.82) is 0 Å². The van der Waals surface area contributed by atoms with Crippen LogP contribution in [0.1, 0.15) is 49.5 Å². The van der Waals surface area contributed by atoms with E-state index < -0.39 is 0 Å². The summed E-state index contributed by atoms with van der Waals surface area (Å²) < 4.78 is 1.26. The van der Waals surface area contributed by atoms with Crippen molar-refractivity contribution in [2.45, 2.75) is 50.6 Å². The first-order valence-electron chi connectivity index (χ1n) is 10.3. The van der Waals surface area contributed by atoms with Crippen molar-refractivity contribution >= 4 is 15.9 Å². The molecule has 0 saturated carbocycles. The van der Waals surface area contributed by atoms with Crippen molar-refractivity contribution in [2.24, 2.45) is 5.92 Å². The number of nitrogens with zero attached hydrogens (tertiary/aromatic N) is 3. The molecule has 1 aromatic heterocycles. The monoisotopic (exact) mass is 428 g/mol. The molecule has 3 heterocycles. The van der Waals surface area contributed by atoms with E-state index in [1.807, 2.05) is 18.5 Å². The molecular formula is C22H29BrN4. The minimum Gasteiger partial charge on any atom is -0.307 e. The van der Waals surface area contributed by atoms with Crippen LogP contribution in [-0.2, 0) is 6.42 Å². The van der Waals surface area contributed by atoms with Gasteiger partial charge >= 0.3 is 0 Å². The van der Waals surface area contributed by atoms with E-state index in [-0.39, 0.29) is 6.04 Å². The summed E-state index contributed by atoms with van der Waals surface area (Å²) in [5.74, 6) is 1.75. The minimum atomic E-state index is 0.289. The molecule has 2 unspecified atom stereocenters. The molecule has 2 atom stereocenters. The standard InChI is InChI=1S/C22H29BrN4/c23-20-7-2-1-5-18(20)15-17-8-13-27(14-9-17)19-6-3-10-24-21(16-19)22-25-11-4-12-26-22/h1-2,4-5,7,11-12,17,19,21,24H,3,6,8-10,13-16H2. The van der Waals surface area contributed by atoms with E-state index in [0.717, 1.165) is 24.7 Å². The molecule has 0 aliphatic carbocycles. The van der Waals surface area contributed by atoms with Crippen LogP contribution in [0.25, 0.3) is 0 Å². The second-order valence-electron chi connectivity index (χ2n) is 7.92. The fourth-order valence-corrected chi connectivity index (χ4v) is 5.05. The minimum absolute atomic E-state index is 0.289. The van der Waals surface area contributed by atoms with Gasteiger partial charge < -0.3 is 10.2 Å². The topological polar surface area (TPSA) is 41.0 Å². The second-order valence-corrected chi connectivity index (χ2v) is 8.77. The first-order valence-corrected chi connectivity index (χ1v) is 11.1. The van der Waals surface area contributed by atoms with E-state index in [0.29, 0.717) is 6.04 Å². The van der Waals surface area contributed by atoms with Crippen molar-refractivity contribution < 1.29 is 0 Å². The maximum atomic E-state index is 4.49. The number of likely N-dealkylation sites (tertiary alicyclic amines) is 1. The lowest BCUT2D eigenvalue weighted by Gasteiger charge is -2.38. The highest BCUT2D eigenvalue weighted by atomic mass is 79.9. The average Bonchev–Trinajstić information content (AvgIpc) is 2.97. The molecule has 0 bridgehead atoms. The number of hydrogen-bond acceptors (Lipinski definition) is 4. The second kappa shape index (κ2) is 9.26. The summed E-state index contributed by atoms with van der Waals surface area (Å²) in [7, 11) is 0. The van der Waals surface area contributed by atoms with Crippen molar-refractivity contribution in [2.75, 3.05) is 19.6 Å². The van der Waals surface area contributed by atoms with Crippen LogP contribution in [0.3, 0.4) is 0 Å². The Kier molecular flexibility index (Phi) is 6.53. The van der Waals surface area contributed by atoms with Gasteiger partial charge in [0.15, 0.2) is 0 Å². The Morgan fingerprint density at radius 1 is 1.04 bits per heavy atom. The number of rotatable bonds is 4. The summed E-state index contributed by atoms with van der Waals surface area (Å²) in [5, 5.41) is 3.66. The van der Waals surface area contributed by atoms with Crippen molar-refractivity contribution in [3.8, 4) is 0 Å². The predicted molar refractivity (Wildman–Crippen MR) is 113 cm³/mol. The fourth-order valence-electron chi connectivity index (χ4n) is 4.60. The summed E-state index contributed by atoms with van der Waals surface area (Å²) in [6.07, 6.45) is 11.2. The maximum Gasteiger partial charge on any atom is 0.145 e. The van der Waals surface area contributed by atoms with Gasteiger partial charge in [-0.25, -0.2) is 9.97 Å². The van der Waals surface area contributed by atoms with Gasteiger partial charge in [0.05, 0.1) is 6.04 Å². The number of aromatic nitrogens is 2. The van der Waals surface area contributed by atoms with Gasteiger partial charge in [-0.05, 0) is 81.8 Å².